The summed E-state index contributed by atoms with van der Waals surface area (Å²) in [4.78, 5) is 56.2. The number of amides is 4. The quantitative estimate of drug-likeness (QED) is 0.0842. The molecular formula is C26H34N8O5. The van der Waals surface area contributed by atoms with Crippen molar-refractivity contribution in [2.45, 2.75) is 43.8 Å². The van der Waals surface area contributed by atoms with Crippen LogP contribution in [0.2, 0.25) is 0 Å². The van der Waals surface area contributed by atoms with E-state index in [-0.39, 0.29) is 44.1 Å². The van der Waals surface area contributed by atoms with Crippen LogP contribution < -0.4 is 38.5 Å². The summed E-state index contributed by atoms with van der Waals surface area (Å²) in [6.45, 7) is -0.148. The number of anilines is 1. The molecule has 3 rings (SSSR count). The van der Waals surface area contributed by atoms with Crippen molar-refractivity contribution in [3.8, 4) is 5.75 Å². The van der Waals surface area contributed by atoms with Crippen molar-refractivity contribution in [3.63, 3.8) is 0 Å². The molecule has 1 aliphatic rings. The minimum absolute atomic E-state index is 0.0507. The minimum Gasteiger partial charge on any atom is -0.508 e. The lowest BCUT2D eigenvalue weighted by atomic mass is 10.0. The predicted molar refractivity (Wildman–Crippen MR) is 145 cm³/mol. The van der Waals surface area contributed by atoms with Gasteiger partial charge < -0.3 is 43.6 Å². The fourth-order valence-corrected chi connectivity index (χ4v) is 4.03. The first-order valence-electron chi connectivity index (χ1n) is 12.5. The number of benzene rings is 2. The third-order valence-electron chi connectivity index (χ3n) is 6.08. The molecule has 0 saturated carbocycles. The fraction of sp³-hybridized carbons (Fsp3) is 0.346. The van der Waals surface area contributed by atoms with Crippen molar-refractivity contribution in [2.24, 2.45) is 16.5 Å². The molecule has 1 saturated heterocycles. The Labute approximate surface area is 225 Å². The number of carbonyl (C=O) groups is 4. The summed E-state index contributed by atoms with van der Waals surface area (Å²) in [5.41, 5.74) is 18.4. The van der Waals surface area contributed by atoms with E-state index in [1.54, 1.807) is 36.4 Å². The second kappa shape index (κ2) is 13.7. The van der Waals surface area contributed by atoms with Gasteiger partial charge in [-0.15, -0.1) is 0 Å². The van der Waals surface area contributed by atoms with Gasteiger partial charge in [0, 0.05) is 25.1 Å². The fourth-order valence-electron chi connectivity index (χ4n) is 4.03. The van der Waals surface area contributed by atoms with Crippen molar-refractivity contribution in [1.82, 2.24) is 21.3 Å². The van der Waals surface area contributed by atoms with Crippen molar-refractivity contribution in [1.29, 1.82) is 0 Å². The molecular weight excluding hydrogens is 504 g/mol. The second-order valence-electron chi connectivity index (χ2n) is 9.23. The van der Waals surface area contributed by atoms with Crippen molar-refractivity contribution in [3.05, 3.63) is 59.7 Å². The second-order valence-corrected chi connectivity index (χ2v) is 9.23. The number of nitrogens with zero attached hydrogens (tertiary/aromatic N) is 1. The topological polar surface area (TPSA) is 227 Å². The number of hydrogen-bond acceptors (Lipinski definition) is 7. The van der Waals surface area contributed by atoms with E-state index in [9.17, 15) is 24.3 Å². The number of carbonyl (C=O) groups excluding carboxylic acids is 4. The monoisotopic (exact) mass is 538 g/mol. The average molecular weight is 539 g/mol. The molecule has 0 radical (unpaired) electrons. The molecule has 3 atom stereocenters. The first-order chi connectivity index (χ1) is 18.6. The van der Waals surface area contributed by atoms with Gasteiger partial charge in [-0.25, -0.2) is 0 Å². The van der Waals surface area contributed by atoms with Gasteiger partial charge in [-0.3, -0.25) is 24.2 Å². The van der Waals surface area contributed by atoms with Crippen LogP contribution in [0.4, 0.5) is 5.69 Å². The standard InChI is InChI=1S/C26H34N8O5/c27-17-7-3-15(4-8-17)12-20-24(38)34-21(13-16-5-9-18(35)10-6-16)25(39)33-19(2-1-11-30-26(28)29)23(37)31-14-22(36)32-20/h3-10,19-21,35H,1-2,11-14,27H2,(H,31,37)(H,32,36)(H,33,39)(H,34,38)(H4,28,29,30)/t19-,20+,21-/m0/s1. The highest BCUT2D eigenvalue weighted by atomic mass is 16.3. The molecule has 1 fully saturated rings. The molecule has 39 heavy (non-hydrogen) atoms. The molecule has 2 aromatic carbocycles. The van der Waals surface area contributed by atoms with Crippen molar-refractivity contribution in [2.75, 3.05) is 18.8 Å². The van der Waals surface area contributed by atoms with E-state index in [1.807, 2.05) is 0 Å². The third kappa shape index (κ3) is 9.22. The number of hydrogen-bond donors (Lipinski definition) is 8. The van der Waals surface area contributed by atoms with Gasteiger partial charge in [-0.2, -0.15) is 0 Å². The number of nitrogens with two attached hydrogens (primary N) is 3. The Kier molecular flexibility index (Phi) is 10.1. The predicted octanol–water partition coefficient (Wildman–Crippen LogP) is -1.60. The van der Waals surface area contributed by atoms with E-state index in [0.717, 1.165) is 5.56 Å². The molecule has 0 aromatic heterocycles. The van der Waals surface area contributed by atoms with Crippen LogP contribution in [-0.2, 0) is 32.0 Å². The molecule has 0 aliphatic carbocycles. The first kappa shape index (κ1) is 28.8. The van der Waals surface area contributed by atoms with Gasteiger partial charge in [0.1, 0.15) is 23.9 Å². The molecule has 13 heteroatoms. The van der Waals surface area contributed by atoms with E-state index in [0.29, 0.717) is 17.7 Å². The van der Waals surface area contributed by atoms with E-state index >= 15 is 0 Å². The molecule has 13 nitrogen and oxygen atoms in total. The van der Waals surface area contributed by atoms with Gasteiger partial charge in [0.25, 0.3) is 0 Å². The van der Waals surface area contributed by atoms with E-state index in [1.165, 1.54) is 12.1 Å². The van der Waals surface area contributed by atoms with Gasteiger partial charge in [-0.05, 0) is 48.2 Å². The Morgan fingerprint density at radius 3 is 1.92 bits per heavy atom. The number of nitrogen functional groups attached to an aromatic ring is 1. The number of phenols is 1. The SMILES string of the molecule is NC(N)=NCCC[C@@H]1NC(=O)[C@H](Cc2ccc(O)cc2)NC(=O)[C@@H](Cc2ccc(N)cc2)NC(=O)CNC1=O. The van der Waals surface area contributed by atoms with Crippen LogP contribution in [0.3, 0.4) is 0 Å². The molecule has 0 spiro atoms. The zero-order valence-electron chi connectivity index (χ0n) is 21.4. The van der Waals surface area contributed by atoms with Gasteiger partial charge in [0.05, 0.1) is 6.54 Å². The van der Waals surface area contributed by atoms with Crippen LogP contribution in [0.25, 0.3) is 0 Å². The summed E-state index contributed by atoms with van der Waals surface area (Å²) in [6, 6.07) is 9.91. The molecule has 4 amide bonds. The van der Waals surface area contributed by atoms with Crippen LogP contribution in [-0.4, -0.2) is 65.9 Å². The zero-order valence-corrected chi connectivity index (χ0v) is 21.4. The summed E-state index contributed by atoms with van der Waals surface area (Å²) < 4.78 is 0. The number of nitrogens with one attached hydrogen (secondary N) is 4. The summed E-state index contributed by atoms with van der Waals surface area (Å²) in [5.74, 6) is -2.33. The lowest BCUT2D eigenvalue weighted by Crippen LogP contribution is -2.60. The molecule has 11 N–H and O–H groups in total. The number of guanidine groups is 1. The Hall–Kier alpha value is -4.81. The first-order valence-corrected chi connectivity index (χ1v) is 12.5. The number of rotatable bonds is 8. The molecule has 208 valence electrons. The largest absolute Gasteiger partial charge is 0.508 e. The van der Waals surface area contributed by atoms with Crippen molar-refractivity contribution < 1.29 is 24.3 Å². The summed E-state index contributed by atoms with van der Waals surface area (Å²) in [5, 5.41) is 20.2. The molecule has 1 aliphatic heterocycles. The number of phenolic OH excluding ortho intramolecular Hbond substituents is 1. The highest BCUT2D eigenvalue weighted by Crippen LogP contribution is 2.13. The Morgan fingerprint density at radius 2 is 1.33 bits per heavy atom. The Balaban J connectivity index is 1.86. The van der Waals surface area contributed by atoms with Crippen LogP contribution in [0.15, 0.2) is 53.5 Å². The normalized spacial score (nSPS) is 20.4. The number of aliphatic imine (C=N–C) groups is 1. The number of aromatic hydroxyl groups is 1. The van der Waals surface area contributed by atoms with Gasteiger partial charge in [0.2, 0.25) is 23.6 Å². The average Bonchev–Trinajstić information content (AvgIpc) is 2.89. The minimum atomic E-state index is -1.08. The maximum Gasteiger partial charge on any atom is 0.243 e. The lowest BCUT2D eigenvalue weighted by molar-refractivity contribution is -0.135. The molecule has 0 unspecified atom stereocenters. The van der Waals surface area contributed by atoms with E-state index in [2.05, 4.69) is 26.3 Å². The van der Waals surface area contributed by atoms with Crippen LogP contribution in [0.1, 0.15) is 24.0 Å². The lowest BCUT2D eigenvalue weighted by Gasteiger charge is -2.27. The summed E-state index contributed by atoms with van der Waals surface area (Å²) in [6.07, 6.45) is 0.770. The Morgan fingerprint density at radius 1 is 0.795 bits per heavy atom. The van der Waals surface area contributed by atoms with E-state index < -0.39 is 41.8 Å². The molecule has 0 bridgehead atoms. The maximum absolute atomic E-state index is 13.4. The van der Waals surface area contributed by atoms with Gasteiger partial charge in [0.15, 0.2) is 5.96 Å². The third-order valence-corrected chi connectivity index (χ3v) is 6.08. The zero-order chi connectivity index (χ0) is 28.4. The maximum atomic E-state index is 13.4. The highest BCUT2D eigenvalue weighted by Gasteiger charge is 2.31. The molecule has 2 aromatic rings. The van der Waals surface area contributed by atoms with Gasteiger partial charge in [-0.1, -0.05) is 24.3 Å². The van der Waals surface area contributed by atoms with Crippen LogP contribution in [0, 0.1) is 0 Å². The molecule has 1 heterocycles. The summed E-state index contributed by atoms with van der Waals surface area (Å²) in [7, 11) is 0. The van der Waals surface area contributed by atoms with Crippen molar-refractivity contribution >= 4 is 35.3 Å². The highest BCUT2D eigenvalue weighted by molar-refractivity contribution is 5.96. The Bertz CT molecular complexity index is 1200. The van der Waals surface area contributed by atoms with Gasteiger partial charge >= 0.3 is 0 Å². The van der Waals surface area contributed by atoms with Crippen LogP contribution >= 0.6 is 0 Å². The van der Waals surface area contributed by atoms with E-state index in [4.69, 9.17) is 17.2 Å². The smallest absolute Gasteiger partial charge is 0.243 e. The summed E-state index contributed by atoms with van der Waals surface area (Å²) >= 11 is 0. The van der Waals surface area contributed by atoms with Crippen LogP contribution in [0.5, 0.6) is 5.75 Å².